The van der Waals surface area contributed by atoms with Crippen molar-refractivity contribution in [3.63, 3.8) is 0 Å². The van der Waals surface area contributed by atoms with E-state index >= 15 is 0 Å². The van der Waals surface area contributed by atoms with Crippen LogP contribution in [-0.4, -0.2) is 82.0 Å². The van der Waals surface area contributed by atoms with Crippen LogP contribution in [0, 0.1) is 0 Å². The van der Waals surface area contributed by atoms with Crippen molar-refractivity contribution in [3.8, 4) is 11.5 Å². The number of rotatable bonds is 7. The molecule has 1 aromatic rings. The molecule has 0 unspecified atom stereocenters. The van der Waals surface area contributed by atoms with E-state index in [-0.39, 0.29) is 24.0 Å². The van der Waals surface area contributed by atoms with Gasteiger partial charge in [-0.1, -0.05) is 6.07 Å². The maximum absolute atomic E-state index is 5.44. The van der Waals surface area contributed by atoms with Crippen molar-refractivity contribution in [1.82, 2.24) is 20.4 Å². The zero-order chi connectivity index (χ0) is 18.9. The normalized spacial score (nSPS) is 17.7. The molecule has 28 heavy (non-hydrogen) atoms. The summed E-state index contributed by atoms with van der Waals surface area (Å²) in [7, 11) is 2.20. The van der Waals surface area contributed by atoms with Crippen LogP contribution in [0.1, 0.15) is 18.9 Å². The number of ether oxygens (including phenoxy) is 2. The van der Waals surface area contributed by atoms with Crippen molar-refractivity contribution < 1.29 is 9.47 Å². The smallest absolute Gasteiger partial charge is 0.231 e. The van der Waals surface area contributed by atoms with Gasteiger partial charge in [-0.2, -0.15) is 0 Å². The lowest BCUT2D eigenvalue weighted by molar-refractivity contribution is 0.174. The predicted octanol–water partition coefficient (Wildman–Crippen LogP) is 1.77. The van der Waals surface area contributed by atoms with Gasteiger partial charge in [-0.3, -0.25) is 4.99 Å². The number of halogens is 1. The zero-order valence-corrected chi connectivity index (χ0v) is 19.4. The first-order valence-electron chi connectivity index (χ1n) is 10.1. The third-order valence-corrected chi connectivity index (χ3v) is 4.99. The fourth-order valence-electron chi connectivity index (χ4n) is 3.39. The molecular formula is C20H34IN5O2. The molecule has 0 atom stereocenters. The minimum Gasteiger partial charge on any atom is -0.454 e. The summed E-state index contributed by atoms with van der Waals surface area (Å²) in [5.41, 5.74) is 1.23. The topological polar surface area (TPSA) is 61.4 Å². The minimum absolute atomic E-state index is 0. The van der Waals surface area contributed by atoms with Crippen molar-refractivity contribution in [2.75, 3.05) is 66.2 Å². The summed E-state index contributed by atoms with van der Waals surface area (Å²) < 4.78 is 10.8. The molecule has 2 aliphatic heterocycles. The Balaban J connectivity index is 0.00000280. The van der Waals surface area contributed by atoms with Crippen molar-refractivity contribution in [3.05, 3.63) is 23.8 Å². The van der Waals surface area contributed by atoms with Gasteiger partial charge in [-0.05, 0) is 57.6 Å². The molecule has 3 rings (SSSR count). The first-order chi connectivity index (χ1) is 13.2. The van der Waals surface area contributed by atoms with Crippen LogP contribution in [0.4, 0.5) is 0 Å². The van der Waals surface area contributed by atoms with Gasteiger partial charge < -0.3 is 29.9 Å². The number of aliphatic imine (C=N–C) groups is 1. The molecule has 0 bridgehead atoms. The molecule has 158 valence electrons. The number of guanidine groups is 1. The summed E-state index contributed by atoms with van der Waals surface area (Å²) in [6.45, 7) is 10.6. The van der Waals surface area contributed by atoms with Gasteiger partial charge in [-0.25, -0.2) is 0 Å². The van der Waals surface area contributed by atoms with Gasteiger partial charge in [0.1, 0.15) is 0 Å². The summed E-state index contributed by atoms with van der Waals surface area (Å²) in [4.78, 5) is 9.67. The molecule has 7 nitrogen and oxygen atoms in total. The second-order valence-corrected chi connectivity index (χ2v) is 7.12. The van der Waals surface area contributed by atoms with Crippen LogP contribution in [0.2, 0.25) is 0 Å². The molecule has 0 amide bonds. The van der Waals surface area contributed by atoms with Crippen LogP contribution in [0.3, 0.4) is 0 Å². The number of nitrogens with one attached hydrogen (secondary N) is 2. The largest absolute Gasteiger partial charge is 0.454 e. The molecule has 2 N–H and O–H groups in total. The number of fused-ring (bicyclic) bond motifs is 1. The number of benzene rings is 1. The summed E-state index contributed by atoms with van der Waals surface area (Å²) in [6, 6.07) is 6.13. The Hall–Kier alpha value is -1.26. The average molecular weight is 503 g/mol. The highest BCUT2D eigenvalue weighted by Crippen LogP contribution is 2.32. The maximum Gasteiger partial charge on any atom is 0.231 e. The highest BCUT2D eigenvalue weighted by atomic mass is 127. The fraction of sp³-hybridized carbons (Fsp3) is 0.650. The van der Waals surface area contributed by atoms with E-state index in [0.717, 1.165) is 63.1 Å². The molecule has 1 aromatic carbocycles. The molecule has 0 saturated carbocycles. The molecule has 0 aromatic heterocycles. The van der Waals surface area contributed by atoms with E-state index in [1.807, 2.05) is 6.07 Å². The Morgan fingerprint density at radius 3 is 2.82 bits per heavy atom. The summed E-state index contributed by atoms with van der Waals surface area (Å²) in [5, 5.41) is 6.77. The quantitative estimate of drug-likeness (QED) is 0.336. The molecule has 0 spiro atoms. The van der Waals surface area contributed by atoms with Gasteiger partial charge in [0.15, 0.2) is 17.5 Å². The maximum atomic E-state index is 5.44. The van der Waals surface area contributed by atoms with E-state index in [4.69, 9.17) is 14.5 Å². The number of nitrogens with zero attached hydrogens (tertiary/aromatic N) is 3. The first-order valence-corrected chi connectivity index (χ1v) is 10.1. The van der Waals surface area contributed by atoms with E-state index in [0.29, 0.717) is 6.79 Å². The lowest BCUT2D eigenvalue weighted by atomic mass is 10.1. The van der Waals surface area contributed by atoms with Gasteiger partial charge in [-0.15, -0.1) is 24.0 Å². The lowest BCUT2D eigenvalue weighted by Crippen LogP contribution is -2.39. The molecule has 0 aliphatic carbocycles. The standard InChI is InChI=1S/C20H33N5O2.HI/c1-3-21-20(23-9-12-25-11-4-10-24(2)13-14-25)22-8-7-17-5-6-18-19(15-17)27-16-26-18;/h5-6,15H,3-4,7-14,16H2,1-2H3,(H2,21,22,23);1H. The Labute approximate surface area is 185 Å². The highest BCUT2D eigenvalue weighted by molar-refractivity contribution is 14.0. The van der Waals surface area contributed by atoms with Crippen molar-refractivity contribution in [2.24, 2.45) is 4.99 Å². The van der Waals surface area contributed by atoms with Crippen LogP contribution in [0.15, 0.2) is 23.2 Å². The second kappa shape index (κ2) is 12.3. The van der Waals surface area contributed by atoms with Crippen LogP contribution < -0.4 is 20.1 Å². The van der Waals surface area contributed by atoms with E-state index < -0.39 is 0 Å². The lowest BCUT2D eigenvalue weighted by Gasteiger charge is -2.19. The number of hydrogen-bond donors (Lipinski definition) is 2. The molecule has 8 heteroatoms. The third kappa shape index (κ3) is 7.29. The SMILES string of the molecule is CCNC(=NCCN1CCCN(C)CC1)NCCc1ccc2c(c1)OCO2.I. The molecule has 0 radical (unpaired) electrons. The molecule has 2 heterocycles. The van der Waals surface area contributed by atoms with Gasteiger partial charge in [0.05, 0.1) is 6.54 Å². The number of likely N-dealkylation sites (N-methyl/N-ethyl adjacent to an activating group) is 1. The van der Waals surface area contributed by atoms with Crippen molar-refractivity contribution >= 4 is 29.9 Å². The molecule has 2 aliphatic rings. The van der Waals surface area contributed by atoms with Crippen LogP contribution in [0.5, 0.6) is 11.5 Å². The Kier molecular flexibility index (Phi) is 10.1. The molecule has 1 fully saturated rings. The van der Waals surface area contributed by atoms with Gasteiger partial charge >= 0.3 is 0 Å². The monoisotopic (exact) mass is 503 g/mol. The Bertz CT molecular complexity index is 629. The predicted molar refractivity (Wildman–Crippen MR) is 124 cm³/mol. The van der Waals surface area contributed by atoms with Crippen molar-refractivity contribution in [2.45, 2.75) is 19.8 Å². The van der Waals surface area contributed by atoms with E-state index in [1.165, 1.54) is 25.1 Å². The van der Waals surface area contributed by atoms with Gasteiger partial charge in [0, 0.05) is 32.7 Å². The summed E-state index contributed by atoms with van der Waals surface area (Å²) in [5.74, 6) is 2.57. The van der Waals surface area contributed by atoms with Gasteiger partial charge in [0.25, 0.3) is 0 Å². The first kappa shape index (κ1) is 23.0. The van der Waals surface area contributed by atoms with E-state index in [2.05, 4.69) is 46.5 Å². The minimum atomic E-state index is 0. The summed E-state index contributed by atoms with van der Waals surface area (Å²) in [6.07, 6.45) is 2.16. The third-order valence-electron chi connectivity index (χ3n) is 4.99. The van der Waals surface area contributed by atoms with Crippen LogP contribution >= 0.6 is 24.0 Å². The van der Waals surface area contributed by atoms with Crippen LogP contribution in [-0.2, 0) is 6.42 Å². The fourth-order valence-corrected chi connectivity index (χ4v) is 3.39. The molecular weight excluding hydrogens is 469 g/mol. The highest BCUT2D eigenvalue weighted by Gasteiger charge is 2.13. The second-order valence-electron chi connectivity index (χ2n) is 7.12. The zero-order valence-electron chi connectivity index (χ0n) is 17.1. The van der Waals surface area contributed by atoms with Crippen LogP contribution in [0.25, 0.3) is 0 Å². The average Bonchev–Trinajstić information content (AvgIpc) is 3.03. The summed E-state index contributed by atoms with van der Waals surface area (Å²) >= 11 is 0. The van der Waals surface area contributed by atoms with E-state index in [1.54, 1.807) is 0 Å². The Morgan fingerprint density at radius 2 is 1.96 bits per heavy atom. The Morgan fingerprint density at radius 1 is 1.11 bits per heavy atom. The molecule has 1 saturated heterocycles. The van der Waals surface area contributed by atoms with Gasteiger partial charge in [0.2, 0.25) is 6.79 Å². The number of hydrogen-bond acceptors (Lipinski definition) is 5. The van der Waals surface area contributed by atoms with E-state index in [9.17, 15) is 0 Å². The van der Waals surface area contributed by atoms with Crippen molar-refractivity contribution in [1.29, 1.82) is 0 Å².